The Balaban J connectivity index is 1.78. The summed E-state index contributed by atoms with van der Waals surface area (Å²) in [6.07, 6.45) is 0.716. The minimum absolute atomic E-state index is 0.0264. The predicted molar refractivity (Wildman–Crippen MR) is 113 cm³/mol. The third-order valence-corrected chi connectivity index (χ3v) is 6.28. The monoisotopic (exact) mass is 457 g/mol. The minimum Gasteiger partial charge on any atom is -0.859 e. The third-order valence-electron chi connectivity index (χ3n) is 5.99. The molecule has 5 rings (SSSR count). The second kappa shape index (κ2) is 7.64. The van der Waals surface area contributed by atoms with E-state index in [1.54, 1.807) is 0 Å². The minimum atomic E-state index is -0.623. The molecule has 2 aliphatic heterocycles. The van der Waals surface area contributed by atoms with Crippen LogP contribution in [0, 0.1) is 10.6 Å². The van der Waals surface area contributed by atoms with Gasteiger partial charge in [-0.15, -0.1) is 0 Å². The standard InChI is InChI=1S/C22H20FN3O5S/c1-25-8-7-11-9-14-18(31-10-30-14)19(29-2)15(11)17(25)16-20(27)24-22(32)26(21(16)28)13-5-3-12(23)4-6-13/h3-6,9,17,28H,7-8,10H2,1-2H3,(H,24,27,32)/t17-/m1/s1. The molecule has 2 N–H and O–H groups in total. The summed E-state index contributed by atoms with van der Waals surface area (Å²) in [4.78, 5) is 16.6. The first-order chi connectivity index (χ1) is 15.4. The number of hydrogen-bond donors (Lipinski definition) is 2. The van der Waals surface area contributed by atoms with Crippen LogP contribution in [0.25, 0.3) is 5.69 Å². The summed E-state index contributed by atoms with van der Waals surface area (Å²) in [5.74, 6) is 0.498. The molecule has 0 saturated heterocycles. The van der Waals surface area contributed by atoms with Crippen LogP contribution in [0.4, 0.5) is 4.39 Å². The second-order valence-electron chi connectivity index (χ2n) is 7.79. The number of fused-ring (bicyclic) bond motifs is 2. The predicted octanol–water partition coefficient (Wildman–Crippen LogP) is 1.01. The molecule has 0 spiro atoms. The molecule has 2 aliphatic rings. The maximum atomic E-state index is 13.7. The smallest absolute Gasteiger partial charge is 0.260 e. The maximum Gasteiger partial charge on any atom is 0.260 e. The molecule has 1 aromatic heterocycles. The molecule has 0 amide bonds. The zero-order valence-corrected chi connectivity index (χ0v) is 18.2. The highest BCUT2D eigenvalue weighted by Gasteiger charge is 2.39. The van der Waals surface area contributed by atoms with E-state index in [2.05, 4.69) is 4.98 Å². The molecule has 3 aromatic rings. The molecule has 8 nitrogen and oxygen atoms in total. The fourth-order valence-electron chi connectivity index (χ4n) is 4.53. The first-order valence-corrected chi connectivity index (χ1v) is 10.5. The van der Waals surface area contributed by atoms with Crippen molar-refractivity contribution in [2.24, 2.45) is 0 Å². The lowest BCUT2D eigenvalue weighted by molar-refractivity contribution is -0.908. The van der Waals surface area contributed by atoms with Gasteiger partial charge in [-0.25, -0.2) is 4.39 Å². The fourth-order valence-corrected chi connectivity index (χ4v) is 4.81. The highest BCUT2D eigenvalue weighted by molar-refractivity contribution is 7.71. The maximum absolute atomic E-state index is 13.7. The molecule has 2 aromatic carbocycles. The average molecular weight is 457 g/mol. The van der Waals surface area contributed by atoms with E-state index in [0.717, 1.165) is 10.5 Å². The lowest BCUT2D eigenvalue weighted by Gasteiger charge is -2.35. The largest absolute Gasteiger partial charge is 0.859 e. The number of nitrogens with one attached hydrogen (secondary N) is 2. The normalized spacial score (nSPS) is 19.0. The Labute approximate surface area is 187 Å². The van der Waals surface area contributed by atoms with Crippen molar-refractivity contribution in [2.45, 2.75) is 12.5 Å². The summed E-state index contributed by atoms with van der Waals surface area (Å²) in [5, 5.41) is 13.7. The van der Waals surface area contributed by atoms with Crippen molar-refractivity contribution >= 4 is 12.2 Å². The molecule has 0 aliphatic carbocycles. The summed E-state index contributed by atoms with van der Waals surface area (Å²) < 4.78 is 31.4. The van der Waals surface area contributed by atoms with Gasteiger partial charge < -0.3 is 28.8 Å². The number of likely N-dealkylation sites (N-methyl/N-ethyl adjacent to an activating group) is 1. The van der Waals surface area contributed by atoms with E-state index < -0.39 is 23.3 Å². The quantitative estimate of drug-likeness (QED) is 0.571. The number of methoxy groups -OCH3 is 1. The molecule has 0 fully saturated rings. The molecule has 166 valence electrons. The van der Waals surface area contributed by atoms with Crippen LogP contribution in [-0.2, 0) is 6.42 Å². The number of benzene rings is 2. The van der Waals surface area contributed by atoms with Crippen molar-refractivity contribution in [3.63, 3.8) is 0 Å². The molecular weight excluding hydrogens is 437 g/mol. The number of rotatable bonds is 3. The van der Waals surface area contributed by atoms with Crippen LogP contribution in [0.1, 0.15) is 22.7 Å². The van der Waals surface area contributed by atoms with Crippen molar-refractivity contribution < 1.29 is 28.6 Å². The molecule has 10 heteroatoms. The van der Waals surface area contributed by atoms with E-state index in [1.165, 1.54) is 35.9 Å². The van der Waals surface area contributed by atoms with Crippen molar-refractivity contribution in [1.82, 2.24) is 9.55 Å². The summed E-state index contributed by atoms with van der Waals surface area (Å²) in [6.45, 7) is 0.760. The van der Waals surface area contributed by atoms with E-state index >= 15 is 0 Å². The van der Waals surface area contributed by atoms with Gasteiger partial charge in [0.2, 0.25) is 12.5 Å². The van der Waals surface area contributed by atoms with Gasteiger partial charge in [0.15, 0.2) is 16.3 Å². The topological polar surface area (TPSA) is 93.0 Å². The Kier molecular flexibility index (Phi) is 4.90. The Morgan fingerprint density at radius 2 is 2.03 bits per heavy atom. The molecule has 1 unspecified atom stereocenters. The number of hydrogen-bond acceptors (Lipinski definition) is 6. The molecule has 3 heterocycles. The van der Waals surface area contributed by atoms with Gasteiger partial charge in [-0.1, -0.05) is 0 Å². The van der Waals surface area contributed by atoms with Crippen molar-refractivity contribution in [2.75, 3.05) is 27.5 Å². The Bertz CT molecular complexity index is 1340. The zero-order valence-electron chi connectivity index (χ0n) is 17.4. The van der Waals surface area contributed by atoms with Gasteiger partial charge in [-0.3, -0.25) is 9.78 Å². The van der Waals surface area contributed by atoms with E-state index in [1.807, 2.05) is 13.1 Å². The summed E-state index contributed by atoms with van der Waals surface area (Å²) in [6, 6.07) is 6.61. The van der Waals surface area contributed by atoms with Gasteiger partial charge in [-0.2, -0.15) is 0 Å². The van der Waals surface area contributed by atoms with Crippen LogP contribution in [0.2, 0.25) is 0 Å². The average Bonchev–Trinajstić information content (AvgIpc) is 3.23. The fraction of sp³-hybridized carbons (Fsp3) is 0.273. The summed E-state index contributed by atoms with van der Waals surface area (Å²) in [5.41, 5.74) is 1.47. The van der Waals surface area contributed by atoms with Crippen LogP contribution in [0.15, 0.2) is 35.1 Å². The SMILES string of the molecule is COc1c2c(cc3c1[C@H](c1c([O-])n(-c4ccc(F)cc4)c(=S)[nH]c1=O)[NH+](C)CC3)OCO2. The van der Waals surface area contributed by atoms with Gasteiger partial charge in [-0.05, 0) is 54.0 Å². The lowest BCUT2D eigenvalue weighted by Crippen LogP contribution is -3.10. The van der Waals surface area contributed by atoms with Crippen molar-refractivity contribution in [1.29, 1.82) is 0 Å². The zero-order chi connectivity index (χ0) is 22.6. The Hall–Kier alpha value is -3.37. The summed E-state index contributed by atoms with van der Waals surface area (Å²) >= 11 is 5.27. The van der Waals surface area contributed by atoms with Gasteiger partial charge in [0.25, 0.3) is 5.56 Å². The number of quaternary nitrogens is 1. The Morgan fingerprint density at radius 1 is 1.28 bits per heavy atom. The van der Waals surface area contributed by atoms with E-state index in [-0.39, 0.29) is 17.1 Å². The van der Waals surface area contributed by atoms with Gasteiger partial charge in [0.05, 0.1) is 31.8 Å². The number of halogens is 1. The highest BCUT2D eigenvalue weighted by Crippen LogP contribution is 2.48. The first-order valence-electron chi connectivity index (χ1n) is 10.0. The molecule has 32 heavy (non-hydrogen) atoms. The number of H-pyrrole nitrogens is 1. The van der Waals surface area contributed by atoms with Gasteiger partial charge in [0, 0.05) is 12.1 Å². The molecular formula is C22H20FN3O5S. The molecule has 2 atom stereocenters. The van der Waals surface area contributed by atoms with E-state index in [9.17, 15) is 14.3 Å². The lowest BCUT2D eigenvalue weighted by atomic mass is 9.87. The molecule has 0 saturated carbocycles. The molecule has 0 radical (unpaired) electrons. The third kappa shape index (κ3) is 3.06. The molecule has 0 bridgehead atoms. The first kappa shape index (κ1) is 20.5. The number of nitrogens with zero attached hydrogens (tertiary/aromatic N) is 1. The number of aromatic nitrogens is 2. The van der Waals surface area contributed by atoms with E-state index in [4.69, 9.17) is 26.4 Å². The second-order valence-corrected chi connectivity index (χ2v) is 8.17. The number of ether oxygens (including phenoxy) is 3. The summed E-state index contributed by atoms with van der Waals surface area (Å²) in [7, 11) is 3.44. The van der Waals surface area contributed by atoms with Gasteiger partial charge in [0.1, 0.15) is 11.9 Å². The van der Waals surface area contributed by atoms with Crippen LogP contribution >= 0.6 is 12.2 Å². The van der Waals surface area contributed by atoms with Gasteiger partial charge >= 0.3 is 0 Å². The Morgan fingerprint density at radius 3 is 2.75 bits per heavy atom. The van der Waals surface area contributed by atoms with Crippen LogP contribution in [0.3, 0.4) is 0 Å². The van der Waals surface area contributed by atoms with Crippen LogP contribution in [0.5, 0.6) is 23.1 Å². The van der Waals surface area contributed by atoms with Crippen molar-refractivity contribution in [3.8, 4) is 28.8 Å². The number of aromatic amines is 1. The van der Waals surface area contributed by atoms with E-state index in [0.29, 0.717) is 41.5 Å². The van der Waals surface area contributed by atoms with Crippen molar-refractivity contribution in [3.05, 3.63) is 68.0 Å². The highest BCUT2D eigenvalue weighted by atomic mass is 32.1. The van der Waals surface area contributed by atoms with Crippen LogP contribution in [-0.4, -0.2) is 37.0 Å². The van der Waals surface area contributed by atoms with Crippen LogP contribution < -0.4 is 29.8 Å².